The second-order valence-corrected chi connectivity index (χ2v) is 3.92. The molecule has 5 heteroatoms. The number of ether oxygens (including phenoxy) is 2. The molecule has 5 nitrogen and oxygen atoms in total. The summed E-state index contributed by atoms with van der Waals surface area (Å²) in [5.41, 5.74) is 2.93. The molecule has 0 aliphatic carbocycles. The quantitative estimate of drug-likeness (QED) is 0.454. The van der Waals surface area contributed by atoms with Gasteiger partial charge in [0.1, 0.15) is 0 Å². The Balaban J connectivity index is 2.10. The van der Waals surface area contributed by atoms with E-state index in [2.05, 4.69) is 5.43 Å². The van der Waals surface area contributed by atoms with Crippen LogP contribution in [0.1, 0.15) is 18.1 Å². The standard InChI is InChI=1S/C12H16N2O3/c13-14-12(15)11(9-4-2-1-3-5-9)17-10-6-7-16-8-10/h1-5,10-11H,6-8,13H2,(H,14,15). The highest BCUT2D eigenvalue weighted by Gasteiger charge is 2.26. The monoisotopic (exact) mass is 236 g/mol. The molecule has 1 heterocycles. The van der Waals surface area contributed by atoms with E-state index in [9.17, 15) is 4.79 Å². The van der Waals surface area contributed by atoms with Gasteiger partial charge in [-0.2, -0.15) is 0 Å². The molecule has 1 aliphatic heterocycles. The van der Waals surface area contributed by atoms with Crippen molar-refractivity contribution in [1.82, 2.24) is 5.43 Å². The van der Waals surface area contributed by atoms with Crippen molar-refractivity contribution in [3.05, 3.63) is 35.9 Å². The number of carbonyl (C=O) groups excluding carboxylic acids is 1. The minimum atomic E-state index is -0.673. The smallest absolute Gasteiger partial charge is 0.267 e. The zero-order valence-corrected chi connectivity index (χ0v) is 9.46. The van der Waals surface area contributed by atoms with Crippen molar-refractivity contribution in [2.45, 2.75) is 18.6 Å². The predicted octanol–water partition coefficient (Wildman–Crippen LogP) is 0.523. The van der Waals surface area contributed by atoms with Crippen LogP contribution >= 0.6 is 0 Å². The first-order valence-electron chi connectivity index (χ1n) is 5.60. The van der Waals surface area contributed by atoms with Crippen molar-refractivity contribution >= 4 is 5.91 Å². The van der Waals surface area contributed by atoms with Gasteiger partial charge in [-0.25, -0.2) is 5.84 Å². The molecular weight excluding hydrogens is 220 g/mol. The second-order valence-electron chi connectivity index (χ2n) is 3.92. The van der Waals surface area contributed by atoms with Crippen LogP contribution in [0.4, 0.5) is 0 Å². The largest absolute Gasteiger partial charge is 0.379 e. The van der Waals surface area contributed by atoms with Gasteiger partial charge < -0.3 is 9.47 Å². The fourth-order valence-electron chi connectivity index (χ4n) is 1.81. The molecule has 2 rings (SSSR count). The topological polar surface area (TPSA) is 73.6 Å². The summed E-state index contributed by atoms with van der Waals surface area (Å²) in [7, 11) is 0. The third kappa shape index (κ3) is 3.03. The van der Waals surface area contributed by atoms with Gasteiger partial charge in [0.15, 0.2) is 6.10 Å². The lowest BCUT2D eigenvalue weighted by Gasteiger charge is -2.20. The molecule has 0 radical (unpaired) electrons. The molecule has 92 valence electrons. The lowest BCUT2D eigenvalue weighted by Crippen LogP contribution is -2.37. The maximum absolute atomic E-state index is 11.7. The van der Waals surface area contributed by atoms with E-state index in [1.165, 1.54) is 0 Å². The van der Waals surface area contributed by atoms with Crippen molar-refractivity contribution in [1.29, 1.82) is 0 Å². The summed E-state index contributed by atoms with van der Waals surface area (Å²) in [5.74, 6) is 4.83. The van der Waals surface area contributed by atoms with Gasteiger partial charge in [0, 0.05) is 6.61 Å². The molecule has 1 amide bonds. The predicted molar refractivity (Wildman–Crippen MR) is 61.8 cm³/mol. The molecule has 0 aromatic heterocycles. The Labute approximate surface area is 99.9 Å². The maximum Gasteiger partial charge on any atom is 0.267 e. The minimum Gasteiger partial charge on any atom is -0.379 e. The van der Waals surface area contributed by atoms with Crippen LogP contribution in [0.15, 0.2) is 30.3 Å². The zero-order valence-electron chi connectivity index (χ0n) is 9.46. The van der Waals surface area contributed by atoms with Gasteiger partial charge in [-0.05, 0) is 12.0 Å². The number of hydrogen-bond donors (Lipinski definition) is 2. The molecule has 1 aromatic carbocycles. The van der Waals surface area contributed by atoms with Crippen molar-refractivity contribution in [2.75, 3.05) is 13.2 Å². The highest BCUT2D eigenvalue weighted by molar-refractivity contribution is 5.81. The zero-order chi connectivity index (χ0) is 12.1. The van der Waals surface area contributed by atoms with Crippen LogP contribution in [-0.4, -0.2) is 25.2 Å². The molecule has 0 saturated carbocycles. The summed E-state index contributed by atoms with van der Waals surface area (Å²) in [4.78, 5) is 11.7. The highest BCUT2D eigenvalue weighted by Crippen LogP contribution is 2.22. The summed E-state index contributed by atoms with van der Waals surface area (Å²) < 4.78 is 11.0. The van der Waals surface area contributed by atoms with Crippen LogP contribution < -0.4 is 11.3 Å². The Bertz CT molecular complexity index is 363. The number of hydrogen-bond acceptors (Lipinski definition) is 4. The number of rotatable bonds is 4. The molecule has 2 unspecified atom stereocenters. The molecule has 2 atom stereocenters. The number of hydrazine groups is 1. The van der Waals surface area contributed by atoms with Gasteiger partial charge >= 0.3 is 0 Å². The lowest BCUT2D eigenvalue weighted by atomic mass is 10.1. The van der Waals surface area contributed by atoms with Gasteiger partial charge in [-0.1, -0.05) is 30.3 Å². The Morgan fingerprint density at radius 2 is 2.24 bits per heavy atom. The van der Waals surface area contributed by atoms with E-state index in [0.29, 0.717) is 13.2 Å². The number of carbonyl (C=O) groups is 1. The van der Waals surface area contributed by atoms with Crippen molar-refractivity contribution in [3.63, 3.8) is 0 Å². The summed E-state index contributed by atoms with van der Waals surface area (Å²) in [5, 5.41) is 0. The van der Waals surface area contributed by atoms with E-state index in [-0.39, 0.29) is 12.0 Å². The van der Waals surface area contributed by atoms with Crippen LogP contribution in [0.25, 0.3) is 0 Å². The van der Waals surface area contributed by atoms with Crippen LogP contribution in [-0.2, 0) is 14.3 Å². The van der Waals surface area contributed by atoms with E-state index in [1.54, 1.807) is 0 Å². The second kappa shape index (κ2) is 5.77. The summed E-state index contributed by atoms with van der Waals surface area (Å²) >= 11 is 0. The van der Waals surface area contributed by atoms with E-state index in [1.807, 2.05) is 30.3 Å². The van der Waals surface area contributed by atoms with Crippen LogP contribution in [0.5, 0.6) is 0 Å². The molecule has 0 bridgehead atoms. The van der Waals surface area contributed by atoms with Crippen LogP contribution in [0.2, 0.25) is 0 Å². The number of amides is 1. The fourth-order valence-corrected chi connectivity index (χ4v) is 1.81. The third-order valence-corrected chi connectivity index (χ3v) is 2.70. The first-order chi connectivity index (χ1) is 8.31. The summed E-state index contributed by atoms with van der Waals surface area (Å²) in [6.07, 6.45) is 0.0895. The normalized spacial score (nSPS) is 21.1. The van der Waals surface area contributed by atoms with Gasteiger partial charge in [0.05, 0.1) is 12.7 Å². The van der Waals surface area contributed by atoms with Crippen LogP contribution in [0, 0.1) is 0 Å². The molecule has 1 fully saturated rings. The Morgan fingerprint density at radius 1 is 1.47 bits per heavy atom. The minimum absolute atomic E-state index is 0.0440. The number of nitrogens with one attached hydrogen (secondary N) is 1. The Kier molecular flexibility index (Phi) is 4.08. The molecule has 1 aromatic rings. The van der Waals surface area contributed by atoms with Gasteiger partial charge in [-0.3, -0.25) is 10.2 Å². The average Bonchev–Trinajstić information content (AvgIpc) is 2.89. The average molecular weight is 236 g/mol. The third-order valence-electron chi connectivity index (χ3n) is 2.70. The van der Waals surface area contributed by atoms with E-state index < -0.39 is 6.10 Å². The van der Waals surface area contributed by atoms with E-state index in [0.717, 1.165) is 12.0 Å². The van der Waals surface area contributed by atoms with E-state index in [4.69, 9.17) is 15.3 Å². The number of benzene rings is 1. The summed E-state index contributed by atoms with van der Waals surface area (Å²) in [6, 6.07) is 9.30. The Hall–Kier alpha value is -1.43. The Morgan fingerprint density at radius 3 is 2.82 bits per heavy atom. The first-order valence-corrected chi connectivity index (χ1v) is 5.60. The SMILES string of the molecule is NNC(=O)C(OC1CCOC1)c1ccccc1. The molecule has 1 aliphatic rings. The summed E-state index contributed by atoms with van der Waals surface area (Å²) in [6.45, 7) is 1.21. The molecule has 17 heavy (non-hydrogen) atoms. The fraction of sp³-hybridized carbons (Fsp3) is 0.417. The van der Waals surface area contributed by atoms with Gasteiger partial charge in [0.25, 0.3) is 5.91 Å². The van der Waals surface area contributed by atoms with Crippen molar-refractivity contribution in [2.24, 2.45) is 5.84 Å². The highest BCUT2D eigenvalue weighted by atomic mass is 16.6. The van der Waals surface area contributed by atoms with Gasteiger partial charge in [-0.15, -0.1) is 0 Å². The van der Waals surface area contributed by atoms with Crippen LogP contribution in [0.3, 0.4) is 0 Å². The van der Waals surface area contributed by atoms with Gasteiger partial charge in [0.2, 0.25) is 0 Å². The molecule has 1 saturated heterocycles. The molecule has 3 N–H and O–H groups in total. The van der Waals surface area contributed by atoms with Crippen molar-refractivity contribution in [3.8, 4) is 0 Å². The first kappa shape index (κ1) is 12.0. The maximum atomic E-state index is 11.7. The molecular formula is C12H16N2O3. The number of nitrogens with two attached hydrogens (primary N) is 1. The van der Waals surface area contributed by atoms with E-state index >= 15 is 0 Å². The molecule has 0 spiro atoms. The lowest BCUT2D eigenvalue weighted by molar-refractivity contribution is -0.137. The van der Waals surface area contributed by atoms with Crippen molar-refractivity contribution < 1.29 is 14.3 Å².